The van der Waals surface area contributed by atoms with Gasteiger partial charge in [-0.15, -0.1) is 0 Å². The Bertz CT molecular complexity index is 225. The van der Waals surface area contributed by atoms with E-state index in [0.717, 1.165) is 12.3 Å². The van der Waals surface area contributed by atoms with Crippen molar-refractivity contribution in [2.24, 2.45) is 11.8 Å². The second-order valence-corrected chi connectivity index (χ2v) is 6.23. The van der Waals surface area contributed by atoms with Gasteiger partial charge in [0.2, 0.25) is 0 Å². The second kappa shape index (κ2) is 13.5. The summed E-state index contributed by atoms with van der Waals surface area (Å²) < 4.78 is 0. The lowest BCUT2D eigenvalue weighted by molar-refractivity contribution is -0.137. The SMILES string of the molecule is CCCCCCC(CCC(=O)O)C(CCC)CCCC. The Morgan fingerprint density at radius 2 is 1.35 bits per heavy atom. The molecule has 0 aromatic rings. The van der Waals surface area contributed by atoms with Crippen LogP contribution >= 0.6 is 0 Å². The first-order chi connectivity index (χ1) is 9.65. The summed E-state index contributed by atoms with van der Waals surface area (Å²) in [5, 5.41) is 8.96. The van der Waals surface area contributed by atoms with E-state index < -0.39 is 5.97 Å². The average Bonchev–Trinajstić information content (AvgIpc) is 2.43. The molecule has 0 heterocycles. The highest BCUT2D eigenvalue weighted by molar-refractivity contribution is 5.66. The van der Waals surface area contributed by atoms with E-state index >= 15 is 0 Å². The number of hydrogen-bond acceptors (Lipinski definition) is 1. The fraction of sp³-hybridized carbons (Fsp3) is 0.944. The normalized spacial score (nSPS) is 14.2. The standard InChI is InChI=1S/C18H36O2/c1-4-7-9-10-13-17(14-15-18(19)20)16(11-6-3)12-8-5-2/h16-17H,4-15H2,1-3H3,(H,19,20). The summed E-state index contributed by atoms with van der Waals surface area (Å²) in [5.74, 6) is 0.754. The smallest absolute Gasteiger partial charge is 0.303 e. The second-order valence-electron chi connectivity index (χ2n) is 6.23. The van der Waals surface area contributed by atoms with Crippen LogP contribution in [0.4, 0.5) is 0 Å². The fourth-order valence-electron chi connectivity index (χ4n) is 3.21. The van der Waals surface area contributed by atoms with E-state index in [2.05, 4.69) is 20.8 Å². The van der Waals surface area contributed by atoms with Crippen molar-refractivity contribution in [1.82, 2.24) is 0 Å². The van der Waals surface area contributed by atoms with Crippen molar-refractivity contribution in [2.75, 3.05) is 0 Å². The van der Waals surface area contributed by atoms with Crippen LogP contribution < -0.4 is 0 Å². The van der Waals surface area contributed by atoms with Gasteiger partial charge in [-0.05, 0) is 18.3 Å². The first kappa shape index (κ1) is 19.5. The number of unbranched alkanes of at least 4 members (excludes halogenated alkanes) is 4. The highest BCUT2D eigenvalue weighted by Gasteiger charge is 2.20. The summed E-state index contributed by atoms with van der Waals surface area (Å²) in [4.78, 5) is 10.9. The molecule has 2 unspecified atom stereocenters. The molecule has 20 heavy (non-hydrogen) atoms. The van der Waals surface area contributed by atoms with Crippen LogP contribution in [0.3, 0.4) is 0 Å². The van der Waals surface area contributed by atoms with Crippen LogP contribution in [0.5, 0.6) is 0 Å². The molecule has 0 amide bonds. The van der Waals surface area contributed by atoms with Crippen molar-refractivity contribution < 1.29 is 9.90 Å². The van der Waals surface area contributed by atoms with Gasteiger partial charge in [0.05, 0.1) is 0 Å². The van der Waals surface area contributed by atoms with Gasteiger partial charge in [-0.1, -0.05) is 85.0 Å². The molecule has 1 N–H and O–H groups in total. The number of aliphatic carboxylic acids is 1. The van der Waals surface area contributed by atoms with E-state index in [-0.39, 0.29) is 0 Å². The molecule has 2 atom stereocenters. The molecule has 0 spiro atoms. The van der Waals surface area contributed by atoms with Crippen LogP contribution in [-0.2, 0) is 4.79 Å². The third-order valence-electron chi connectivity index (χ3n) is 4.41. The Balaban J connectivity index is 4.35. The monoisotopic (exact) mass is 284 g/mol. The van der Waals surface area contributed by atoms with E-state index in [4.69, 9.17) is 5.11 Å². The minimum Gasteiger partial charge on any atom is -0.481 e. The van der Waals surface area contributed by atoms with Gasteiger partial charge in [-0.25, -0.2) is 0 Å². The largest absolute Gasteiger partial charge is 0.481 e. The predicted octanol–water partition coefficient (Wildman–Crippen LogP) is 6.04. The van der Waals surface area contributed by atoms with Gasteiger partial charge in [0.1, 0.15) is 0 Å². The van der Waals surface area contributed by atoms with Gasteiger partial charge < -0.3 is 5.11 Å². The van der Waals surface area contributed by atoms with Crippen molar-refractivity contribution >= 4 is 5.97 Å². The van der Waals surface area contributed by atoms with E-state index in [1.807, 2.05) is 0 Å². The third-order valence-corrected chi connectivity index (χ3v) is 4.41. The van der Waals surface area contributed by atoms with Crippen LogP contribution in [-0.4, -0.2) is 11.1 Å². The highest BCUT2D eigenvalue weighted by Crippen LogP contribution is 2.31. The van der Waals surface area contributed by atoms with Gasteiger partial charge >= 0.3 is 5.97 Å². The summed E-state index contributed by atoms with van der Waals surface area (Å²) in [5.41, 5.74) is 0. The molecule has 0 radical (unpaired) electrons. The van der Waals surface area contributed by atoms with Crippen LogP contribution in [0.15, 0.2) is 0 Å². The van der Waals surface area contributed by atoms with E-state index in [1.165, 1.54) is 64.2 Å². The molecule has 0 fully saturated rings. The van der Waals surface area contributed by atoms with Gasteiger partial charge in [0.25, 0.3) is 0 Å². The molecular formula is C18H36O2. The zero-order valence-corrected chi connectivity index (χ0v) is 14.0. The minimum absolute atomic E-state index is 0.352. The summed E-state index contributed by atoms with van der Waals surface area (Å²) in [6, 6.07) is 0. The van der Waals surface area contributed by atoms with Crippen molar-refractivity contribution in [2.45, 2.75) is 97.8 Å². The Morgan fingerprint density at radius 3 is 1.90 bits per heavy atom. The Morgan fingerprint density at radius 1 is 0.750 bits per heavy atom. The average molecular weight is 284 g/mol. The maximum absolute atomic E-state index is 10.9. The van der Waals surface area contributed by atoms with E-state index in [1.54, 1.807) is 0 Å². The van der Waals surface area contributed by atoms with Gasteiger partial charge in [0, 0.05) is 6.42 Å². The lowest BCUT2D eigenvalue weighted by Crippen LogP contribution is -2.17. The third kappa shape index (κ3) is 10.3. The topological polar surface area (TPSA) is 37.3 Å². The number of rotatable bonds is 14. The maximum Gasteiger partial charge on any atom is 0.303 e. The predicted molar refractivity (Wildman–Crippen MR) is 87.0 cm³/mol. The zero-order chi connectivity index (χ0) is 15.2. The number of hydrogen-bond donors (Lipinski definition) is 1. The molecular weight excluding hydrogens is 248 g/mol. The van der Waals surface area contributed by atoms with Crippen LogP contribution in [0.2, 0.25) is 0 Å². The highest BCUT2D eigenvalue weighted by atomic mass is 16.4. The lowest BCUT2D eigenvalue weighted by Gasteiger charge is -2.27. The quantitative estimate of drug-likeness (QED) is 0.394. The Labute approximate surface area is 126 Å². The van der Waals surface area contributed by atoms with E-state index in [0.29, 0.717) is 12.3 Å². The molecule has 0 aliphatic rings. The van der Waals surface area contributed by atoms with Crippen molar-refractivity contribution in [1.29, 1.82) is 0 Å². The summed E-state index contributed by atoms with van der Waals surface area (Å²) in [6.07, 6.45) is 14.0. The zero-order valence-electron chi connectivity index (χ0n) is 14.0. The van der Waals surface area contributed by atoms with Crippen molar-refractivity contribution in [3.05, 3.63) is 0 Å². The molecule has 0 aliphatic carbocycles. The maximum atomic E-state index is 10.9. The van der Waals surface area contributed by atoms with Crippen LogP contribution in [0.25, 0.3) is 0 Å². The van der Waals surface area contributed by atoms with Gasteiger partial charge in [-0.3, -0.25) is 4.79 Å². The molecule has 0 rings (SSSR count). The van der Waals surface area contributed by atoms with Crippen molar-refractivity contribution in [3.8, 4) is 0 Å². The minimum atomic E-state index is -0.630. The molecule has 0 bridgehead atoms. The molecule has 120 valence electrons. The number of carboxylic acid groups (broad SMARTS) is 1. The molecule has 2 heteroatoms. The van der Waals surface area contributed by atoms with Gasteiger partial charge in [-0.2, -0.15) is 0 Å². The number of carbonyl (C=O) groups is 1. The Kier molecular flexibility index (Phi) is 13.1. The molecule has 0 aromatic carbocycles. The van der Waals surface area contributed by atoms with Crippen molar-refractivity contribution in [3.63, 3.8) is 0 Å². The first-order valence-electron chi connectivity index (χ1n) is 8.87. The fourth-order valence-corrected chi connectivity index (χ4v) is 3.21. The van der Waals surface area contributed by atoms with E-state index in [9.17, 15) is 4.79 Å². The molecule has 0 aliphatic heterocycles. The molecule has 2 nitrogen and oxygen atoms in total. The summed E-state index contributed by atoms with van der Waals surface area (Å²) >= 11 is 0. The molecule has 0 saturated heterocycles. The van der Waals surface area contributed by atoms with Crippen LogP contribution in [0, 0.1) is 11.8 Å². The Hall–Kier alpha value is -0.530. The first-order valence-corrected chi connectivity index (χ1v) is 8.87. The molecule has 0 saturated carbocycles. The molecule has 0 aromatic heterocycles. The van der Waals surface area contributed by atoms with Crippen LogP contribution in [0.1, 0.15) is 97.8 Å². The van der Waals surface area contributed by atoms with Gasteiger partial charge in [0.15, 0.2) is 0 Å². The summed E-state index contributed by atoms with van der Waals surface area (Å²) in [7, 11) is 0. The number of carboxylic acids is 1. The lowest BCUT2D eigenvalue weighted by atomic mass is 9.79. The summed E-state index contributed by atoms with van der Waals surface area (Å²) in [6.45, 7) is 6.74.